The number of nitrogens with one attached hydrogen (secondary N) is 1. The number of aromatic nitrogens is 1. The van der Waals surface area contributed by atoms with E-state index in [-0.39, 0.29) is 12.5 Å². The Labute approximate surface area is 97.9 Å². The van der Waals surface area contributed by atoms with Crippen LogP contribution in [-0.2, 0) is 9.53 Å². The average molecular weight is 242 g/mol. The Morgan fingerprint density at radius 2 is 2.44 bits per heavy atom. The van der Waals surface area contributed by atoms with Crippen molar-refractivity contribution in [2.75, 3.05) is 18.5 Å². The van der Waals surface area contributed by atoms with E-state index in [0.29, 0.717) is 23.9 Å². The van der Waals surface area contributed by atoms with Crippen molar-refractivity contribution < 1.29 is 9.53 Å². The van der Waals surface area contributed by atoms with Crippen LogP contribution in [0.4, 0.5) is 5.69 Å². The van der Waals surface area contributed by atoms with E-state index in [0.717, 1.165) is 0 Å². The van der Waals surface area contributed by atoms with Crippen LogP contribution in [0.15, 0.2) is 18.3 Å². The Kier molecular flexibility index (Phi) is 3.09. The topological polar surface area (TPSA) is 77.2 Å². The van der Waals surface area contributed by atoms with Crippen LogP contribution in [-0.4, -0.2) is 29.6 Å². The van der Waals surface area contributed by atoms with E-state index in [1.54, 1.807) is 12.1 Å². The number of ether oxygens (including phenoxy) is 1. The summed E-state index contributed by atoms with van der Waals surface area (Å²) in [6, 6.07) is 3.28. The number of carbonyl (C=O) groups is 1. The number of pyridine rings is 1. The van der Waals surface area contributed by atoms with Crippen molar-refractivity contribution in [3.05, 3.63) is 23.5 Å². The van der Waals surface area contributed by atoms with Gasteiger partial charge in [0.15, 0.2) is 0 Å². The SMILES string of the molecule is NC1(C(=O)Nc2ccc(Cl)nc2)CCOC1. The number of halogens is 1. The minimum atomic E-state index is -0.931. The van der Waals surface area contributed by atoms with Gasteiger partial charge in [0.25, 0.3) is 0 Å². The molecule has 0 saturated carbocycles. The van der Waals surface area contributed by atoms with Crippen LogP contribution >= 0.6 is 11.6 Å². The van der Waals surface area contributed by atoms with Crippen molar-refractivity contribution in [3.63, 3.8) is 0 Å². The lowest BCUT2D eigenvalue weighted by molar-refractivity contribution is -0.121. The minimum absolute atomic E-state index is 0.250. The Bertz CT molecular complexity index is 388. The highest BCUT2D eigenvalue weighted by atomic mass is 35.5. The molecule has 1 aliphatic rings. The van der Waals surface area contributed by atoms with Gasteiger partial charge in [0, 0.05) is 6.61 Å². The predicted molar refractivity (Wildman–Crippen MR) is 60.2 cm³/mol. The summed E-state index contributed by atoms with van der Waals surface area (Å²) in [5, 5.41) is 3.07. The van der Waals surface area contributed by atoms with Crippen LogP contribution in [0.3, 0.4) is 0 Å². The molecule has 0 radical (unpaired) electrons. The largest absolute Gasteiger partial charge is 0.379 e. The fourth-order valence-corrected chi connectivity index (χ4v) is 1.58. The zero-order valence-electron chi connectivity index (χ0n) is 8.57. The fraction of sp³-hybridized carbons (Fsp3) is 0.400. The Morgan fingerprint density at radius 1 is 1.62 bits per heavy atom. The van der Waals surface area contributed by atoms with E-state index >= 15 is 0 Å². The van der Waals surface area contributed by atoms with E-state index in [2.05, 4.69) is 10.3 Å². The zero-order chi connectivity index (χ0) is 11.6. The highest BCUT2D eigenvalue weighted by Gasteiger charge is 2.38. The molecule has 16 heavy (non-hydrogen) atoms. The molecular formula is C10H12ClN3O2. The normalized spacial score (nSPS) is 24.4. The summed E-state index contributed by atoms with van der Waals surface area (Å²) < 4.78 is 5.12. The summed E-state index contributed by atoms with van der Waals surface area (Å²) in [6.07, 6.45) is 2.01. The lowest BCUT2D eigenvalue weighted by Crippen LogP contribution is -2.51. The van der Waals surface area contributed by atoms with Crippen LogP contribution in [0.1, 0.15) is 6.42 Å². The molecule has 0 aliphatic carbocycles. The lowest BCUT2D eigenvalue weighted by Gasteiger charge is -2.20. The second kappa shape index (κ2) is 4.37. The first-order chi connectivity index (χ1) is 7.60. The van der Waals surface area contributed by atoms with Crippen molar-refractivity contribution in [2.45, 2.75) is 12.0 Å². The van der Waals surface area contributed by atoms with Crippen molar-refractivity contribution in [2.24, 2.45) is 5.73 Å². The molecule has 6 heteroatoms. The van der Waals surface area contributed by atoms with E-state index in [9.17, 15) is 4.79 Å². The third-order valence-corrected chi connectivity index (χ3v) is 2.71. The average Bonchev–Trinajstić information content (AvgIpc) is 2.70. The van der Waals surface area contributed by atoms with Crippen LogP contribution in [0.2, 0.25) is 5.15 Å². The molecule has 0 bridgehead atoms. The molecule has 2 rings (SSSR count). The van der Waals surface area contributed by atoms with Gasteiger partial charge < -0.3 is 15.8 Å². The van der Waals surface area contributed by atoms with Crippen molar-refractivity contribution in [3.8, 4) is 0 Å². The first-order valence-electron chi connectivity index (χ1n) is 4.90. The van der Waals surface area contributed by atoms with Gasteiger partial charge in [-0.25, -0.2) is 4.98 Å². The fourth-order valence-electron chi connectivity index (χ4n) is 1.47. The zero-order valence-corrected chi connectivity index (χ0v) is 9.33. The maximum Gasteiger partial charge on any atom is 0.246 e. The van der Waals surface area contributed by atoms with Gasteiger partial charge in [-0.3, -0.25) is 4.79 Å². The van der Waals surface area contributed by atoms with Crippen LogP contribution in [0.25, 0.3) is 0 Å². The van der Waals surface area contributed by atoms with Crippen molar-refractivity contribution in [1.29, 1.82) is 0 Å². The molecular weight excluding hydrogens is 230 g/mol. The third kappa shape index (κ3) is 2.32. The highest BCUT2D eigenvalue weighted by molar-refractivity contribution is 6.29. The Morgan fingerprint density at radius 3 is 3.00 bits per heavy atom. The Balaban J connectivity index is 2.04. The summed E-state index contributed by atoms with van der Waals surface area (Å²) in [5.41, 5.74) is 5.54. The molecule has 1 aromatic rings. The number of nitrogens with zero attached hydrogens (tertiary/aromatic N) is 1. The quantitative estimate of drug-likeness (QED) is 0.751. The lowest BCUT2D eigenvalue weighted by atomic mass is 9.99. The number of hydrogen-bond acceptors (Lipinski definition) is 4. The molecule has 5 nitrogen and oxygen atoms in total. The van der Waals surface area contributed by atoms with E-state index in [1.165, 1.54) is 6.20 Å². The number of anilines is 1. The molecule has 3 N–H and O–H groups in total. The molecule has 0 spiro atoms. The van der Waals surface area contributed by atoms with Crippen LogP contribution < -0.4 is 11.1 Å². The van der Waals surface area contributed by atoms with Crippen LogP contribution in [0.5, 0.6) is 0 Å². The second-order valence-corrected chi connectivity index (χ2v) is 4.17. The molecule has 1 aliphatic heterocycles. The molecule has 1 saturated heterocycles. The second-order valence-electron chi connectivity index (χ2n) is 3.78. The summed E-state index contributed by atoms with van der Waals surface area (Å²) in [7, 11) is 0. The van der Waals surface area contributed by atoms with Gasteiger partial charge in [-0.15, -0.1) is 0 Å². The molecule has 1 amide bonds. The summed E-state index contributed by atoms with van der Waals surface area (Å²) >= 11 is 5.63. The van der Waals surface area contributed by atoms with E-state index < -0.39 is 5.54 Å². The monoisotopic (exact) mass is 241 g/mol. The van der Waals surface area contributed by atoms with Gasteiger partial charge in [-0.05, 0) is 18.6 Å². The summed E-state index contributed by atoms with van der Waals surface area (Å²) in [6.45, 7) is 0.767. The molecule has 1 fully saturated rings. The first-order valence-corrected chi connectivity index (χ1v) is 5.28. The third-order valence-electron chi connectivity index (χ3n) is 2.49. The smallest absolute Gasteiger partial charge is 0.246 e. The maximum absolute atomic E-state index is 11.8. The number of carbonyl (C=O) groups excluding carboxylic acids is 1. The molecule has 1 aromatic heterocycles. The summed E-state index contributed by atoms with van der Waals surface area (Å²) in [4.78, 5) is 15.7. The van der Waals surface area contributed by atoms with Crippen LogP contribution in [0, 0.1) is 0 Å². The number of nitrogens with two attached hydrogens (primary N) is 1. The minimum Gasteiger partial charge on any atom is -0.379 e. The maximum atomic E-state index is 11.8. The van der Waals surface area contributed by atoms with Gasteiger partial charge in [-0.2, -0.15) is 0 Å². The molecule has 86 valence electrons. The van der Waals surface area contributed by atoms with Crippen molar-refractivity contribution in [1.82, 2.24) is 4.98 Å². The van der Waals surface area contributed by atoms with Gasteiger partial charge in [0.2, 0.25) is 5.91 Å². The Hall–Kier alpha value is -1.17. The molecule has 0 aromatic carbocycles. The highest BCUT2D eigenvalue weighted by Crippen LogP contribution is 2.18. The van der Waals surface area contributed by atoms with Gasteiger partial charge in [0.05, 0.1) is 18.5 Å². The van der Waals surface area contributed by atoms with Gasteiger partial charge in [0.1, 0.15) is 10.7 Å². The molecule has 1 atom stereocenters. The molecule has 2 heterocycles. The molecule has 1 unspecified atom stereocenters. The van der Waals surface area contributed by atoms with Crippen molar-refractivity contribution >= 4 is 23.2 Å². The number of hydrogen-bond donors (Lipinski definition) is 2. The van der Waals surface area contributed by atoms with Gasteiger partial charge in [-0.1, -0.05) is 11.6 Å². The first kappa shape index (κ1) is 11.3. The summed E-state index contributed by atoms with van der Waals surface area (Å²) in [5.74, 6) is -0.255. The van der Waals surface area contributed by atoms with E-state index in [4.69, 9.17) is 22.1 Å². The van der Waals surface area contributed by atoms with Gasteiger partial charge >= 0.3 is 0 Å². The standard InChI is InChI=1S/C10H12ClN3O2/c11-8-2-1-7(5-13-8)14-9(15)10(12)3-4-16-6-10/h1-2,5H,3-4,6,12H2,(H,14,15). The number of amides is 1. The number of rotatable bonds is 2. The van der Waals surface area contributed by atoms with E-state index in [1.807, 2.05) is 0 Å². The predicted octanol–water partition coefficient (Wildman–Crippen LogP) is 0.791.